The fourth-order valence-electron chi connectivity index (χ4n) is 6.67. The number of rotatable bonds is 3. The van der Waals surface area contributed by atoms with Crippen LogP contribution in [0.4, 0.5) is 13.2 Å². The molecule has 3 saturated carbocycles. The van der Waals surface area contributed by atoms with Crippen LogP contribution in [0.2, 0.25) is 0 Å². The van der Waals surface area contributed by atoms with Crippen molar-refractivity contribution in [3.63, 3.8) is 0 Å². The minimum absolute atomic E-state index is 0.0456. The molecule has 0 aromatic heterocycles. The Hall–Kier alpha value is -1.27. The molecule has 4 nitrogen and oxygen atoms in total. The van der Waals surface area contributed by atoms with Crippen LogP contribution in [0, 0.1) is 23.7 Å². The molecule has 0 aromatic carbocycles. The SMILES string of the molecule is CC1=NC2C(NC(=O)C3CCCCC3C3CCC(C(F)(F)F)CC3)CCCC2N1C. The number of carbonyl (C=O) groups excluding carboxylic acids is 1. The van der Waals surface area contributed by atoms with Crippen LogP contribution in [0.15, 0.2) is 4.99 Å². The van der Waals surface area contributed by atoms with Crippen LogP contribution in [-0.2, 0) is 4.79 Å². The van der Waals surface area contributed by atoms with E-state index < -0.39 is 12.1 Å². The Morgan fingerprint density at radius 1 is 1.00 bits per heavy atom. The van der Waals surface area contributed by atoms with E-state index in [0.29, 0.717) is 18.9 Å². The van der Waals surface area contributed by atoms with Gasteiger partial charge in [0.25, 0.3) is 0 Å². The minimum Gasteiger partial charge on any atom is -0.358 e. The molecule has 4 rings (SSSR count). The fraction of sp³-hybridized carbons (Fsp3) is 0.913. The first kappa shape index (κ1) is 21.9. The lowest BCUT2D eigenvalue weighted by molar-refractivity contribution is -0.185. The Labute approximate surface area is 178 Å². The summed E-state index contributed by atoms with van der Waals surface area (Å²) in [5.41, 5.74) is 0. The van der Waals surface area contributed by atoms with Gasteiger partial charge < -0.3 is 10.2 Å². The molecule has 1 aliphatic heterocycles. The molecule has 1 N–H and O–H groups in total. The molecule has 1 amide bonds. The lowest BCUT2D eigenvalue weighted by Crippen LogP contribution is -2.54. The fourth-order valence-corrected chi connectivity index (χ4v) is 6.67. The molecule has 7 heteroatoms. The third-order valence-electron chi connectivity index (χ3n) is 8.49. The summed E-state index contributed by atoms with van der Waals surface area (Å²) in [6.07, 6.45) is 4.77. The van der Waals surface area contributed by atoms with Crippen LogP contribution in [-0.4, -0.2) is 48.0 Å². The first-order chi connectivity index (χ1) is 14.3. The molecule has 30 heavy (non-hydrogen) atoms. The van der Waals surface area contributed by atoms with Crippen molar-refractivity contribution >= 4 is 11.7 Å². The molecule has 0 spiro atoms. The number of hydrogen-bond acceptors (Lipinski definition) is 3. The number of nitrogens with zero attached hydrogens (tertiary/aromatic N) is 2. The van der Waals surface area contributed by atoms with Gasteiger partial charge in [-0.2, -0.15) is 13.2 Å². The molecule has 5 unspecified atom stereocenters. The van der Waals surface area contributed by atoms with Crippen molar-refractivity contribution in [1.29, 1.82) is 0 Å². The van der Waals surface area contributed by atoms with Gasteiger partial charge in [-0.3, -0.25) is 9.79 Å². The van der Waals surface area contributed by atoms with Crippen molar-refractivity contribution in [2.75, 3.05) is 7.05 Å². The summed E-state index contributed by atoms with van der Waals surface area (Å²) >= 11 is 0. The number of halogens is 3. The van der Waals surface area contributed by atoms with Gasteiger partial charge in [0.2, 0.25) is 5.91 Å². The van der Waals surface area contributed by atoms with E-state index in [9.17, 15) is 18.0 Å². The number of aliphatic imine (C=N–C) groups is 1. The molecule has 5 atom stereocenters. The molecule has 0 radical (unpaired) electrons. The van der Waals surface area contributed by atoms with Crippen molar-refractivity contribution in [2.24, 2.45) is 28.7 Å². The van der Waals surface area contributed by atoms with Crippen LogP contribution in [0.5, 0.6) is 0 Å². The highest BCUT2D eigenvalue weighted by Crippen LogP contribution is 2.46. The number of amidine groups is 1. The normalized spacial score (nSPS) is 40.0. The first-order valence-electron chi connectivity index (χ1n) is 11.9. The molecule has 0 bridgehead atoms. The van der Waals surface area contributed by atoms with E-state index in [1.54, 1.807) is 0 Å². The molecule has 0 saturated heterocycles. The Bertz CT molecular complexity index is 657. The van der Waals surface area contributed by atoms with Gasteiger partial charge in [-0.15, -0.1) is 0 Å². The van der Waals surface area contributed by atoms with Gasteiger partial charge in [-0.25, -0.2) is 0 Å². The number of nitrogens with one attached hydrogen (secondary N) is 1. The predicted octanol–water partition coefficient (Wildman–Crippen LogP) is 4.93. The lowest BCUT2D eigenvalue weighted by Gasteiger charge is -2.41. The zero-order valence-corrected chi connectivity index (χ0v) is 18.3. The Morgan fingerprint density at radius 2 is 1.70 bits per heavy atom. The molecular formula is C23H36F3N3O. The van der Waals surface area contributed by atoms with E-state index in [2.05, 4.69) is 17.3 Å². The molecule has 0 aromatic rings. The van der Waals surface area contributed by atoms with E-state index in [1.807, 2.05) is 6.92 Å². The monoisotopic (exact) mass is 427 g/mol. The average molecular weight is 428 g/mol. The van der Waals surface area contributed by atoms with Crippen LogP contribution in [0.1, 0.15) is 77.6 Å². The number of likely N-dealkylation sites (N-methyl/N-ethyl adjacent to an activating group) is 1. The van der Waals surface area contributed by atoms with Crippen LogP contribution in [0.3, 0.4) is 0 Å². The van der Waals surface area contributed by atoms with E-state index in [1.165, 1.54) is 0 Å². The van der Waals surface area contributed by atoms with Crippen molar-refractivity contribution < 1.29 is 18.0 Å². The minimum atomic E-state index is -4.07. The molecule has 3 aliphatic carbocycles. The zero-order valence-electron chi connectivity index (χ0n) is 18.3. The average Bonchev–Trinajstić information content (AvgIpc) is 3.02. The number of hydrogen-bond donors (Lipinski definition) is 1. The van der Waals surface area contributed by atoms with Gasteiger partial charge in [-0.1, -0.05) is 12.8 Å². The summed E-state index contributed by atoms with van der Waals surface area (Å²) < 4.78 is 39.2. The second-order valence-electron chi connectivity index (χ2n) is 10.1. The second-order valence-corrected chi connectivity index (χ2v) is 10.1. The quantitative estimate of drug-likeness (QED) is 0.694. The molecule has 4 aliphatic rings. The van der Waals surface area contributed by atoms with Gasteiger partial charge in [0.05, 0.1) is 29.9 Å². The van der Waals surface area contributed by atoms with E-state index in [0.717, 1.165) is 50.8 Å². The largest absolute Gasteiger partial charge is 0.391 e. The van der Waals surface area contributed by atoms with Gasteiger partial charge in [-0.05, 0) is 76.5 Å². The zero-order chi connectivity index (χ0) is 21.5. The third-order valence-corrected chi connectivity index (χ3v) is 8.49. The van der Waals surface area contributed by atoms with Gasteiger partial charge in [0.15, 0.2) is 0 Å². The third kappa shape index (κ3) is 4.36. The Morgan fingerprint density at radius 3 is 2.40 bits per heavy atom. The number of amides is 1. The maximum Gasteiger partial charge on any atom is 0.391 e. The molecule has 1 heterocycles. The number of fused-ring (bicyclic) bond motifs is 1. The second kappa shape index (κ2) is 8.70. The number of alkyl halides is 3. The molecule has 3 fully saturated rings. The van der Waals surface area contributed by atoms with Crippen molar-refractivity contribution in [3.8, 4) is 0 Å². The summed E-state index contributed by atoms with van der Waals surface area (Å²) in [7, 11) is 2.09. The lowest BCUT2D eigenvalue weighted by atomic mass is 9.66. The Kier molecular flexibility index (Phi) is 6.36. The van der Waals surface area contributed by atoms with Crippen LogP contribution >= 0.6 is 0 Å². The maximum atomic E-state index is 13.3. The standard InChI is InChI=1S/C23H36F3N3O/c1-14-27-21-19(8-5-9-20(21)29(14)2)28-22(30)18-7-4-3-6-17(18)15-10-12-16(13-11-15)23(24,25)26/h15-21H,3-13H2,1-2H3,(H,28,30). The summed E-state index contributed by atoms with van der Waals surface area (Å²) in [5, 5.41) is 3.35. The van der Waals surface area contributed by atoms with E-state index in [-0.39, 0.29) is 48.6 Å². The maximum absolute atomic E-state index is 13.3. The van der Waals surface area contributed by atoms with Crippen LogP contribution in [0.25, 0.3) is 0 Å². The highest BCUT2D eigenvalue weighted by Gasteiger charge is 2.46. The molecular weight excluding hydrogens is 391 g/mol. The van der Waals surface area contributed by atoms with Crippen molar-refractivity contribution in [2.45, 2.75) is 102 Å². The Balaban J connectivity index is 1.39. The first-order valence-corrected chi connectivity index (χ1v) is 11.9. The van der Waals surface area contributed by atoms with Crippen LogP contribution < -0.4 is 5.32 Å². The number of carbonyl (C=O) groups is 1. The summed E-state index contributed by atoms with van der Waals surface area (Å²) in [4.78, 5) is 20.4. The summed E-state index contributed by atoms with van der Waals surface area (Å²) in [6.45, 7) is 2.03. The summed E-state index contributed by atoms with van der Waals surface area (Å²) in [5.74, 6) is 0.481. The van der Waals surface area contributed by atoms with Gasteiger partial charge in [0, 0.05) is 13.0 Å². The van der Waals surface area contributed by atoms with Crippen molar-refractivity contribution in [1.82, 2.24) is 10.2 Å². The van der Waals surface area contributed by atoms with E-state index >= 15 is 0 Å². The van der Waals surface area contributed by atoms with Crippen molar-refractivity contribution in [3.05, 3.63) is 0 Å². The highest BCUT2D eigenvalue weighted by molar-refractivity contribution is 5.83. The smallest absolute Gasteiger partial charge is 0.358 e. The summed E-state index contributed by atoms with van der Waals surface area (Å²) in [6, 6.07) is 0.598. The topological polar surface area (TPSA) is 44.7 Å². The highest BCUT2D eigenvalue weighted by atomic mass is 19.4. The predicted molar refractivity (Wildman–Crippen MR) is 111 cm³/mol. The van der Waals surface area contributed by atoms with E-state index in [4.69, 9.17) is 4.99 Å². The van der Waals surface area contributed by atoms with Gasteiger partial charge in [0.1, 0.15) is 0 Å². The molecule has 170 valence electrons. The van der Waals surface area contributed by atoms with Gasteiger partial charge >= 0.3 is 6.18 Å².